The maximum atomic E-state index is 12.6. The first-order valence-corrected chi connectivity index (χ1v) is 11.4. The molecule has 0 radical (unpaired) electrons. The average molecular weight is 470 g/mol. The Morgan fingerprint density at radius 2 is 1.93 bits per heavy atom. The lowest BCUT2D eigenvalue weighted by Crippen LogP contribution is -2.35. The first-order chi connectivity index (χ1) is 14.3. The van der Waals surface area contributed by atoms with E-state index in [9.17, 15) is 4.79 Å². The van der Waals surface area contributed by atoms with E-state index in [1.807, 2.05) is 18.2 Å². The molecule has 1 aliphatic carbocycles. The molecule has 158 valence electrons. The smallest absolute Gasteiger partial charge is 0.338 e. The molecule has 30 heavy (non-hydrogen) atoms. The van der Waals surface area contributed by atoms with Gasteiger partial charge in [-0.2, -0.15) is 0 Å². The van der Waals surface area contributed by atoms with Crippen molar-refractivity contribution in [1.82, 2.24) is 0 Å². The number of benzene rings is 2. The van der Waals surface area contributed by atoms with E-state index in [1.165, 1.54) is 11.1 Å². The van der Waals surface area contributed by atoms with Crippen LogP contribution in [-0.4, -0.2) is 44.7 Å². The van der Waals surface area contributed by atoms with Crippen molar-refractivity contribution in [2.45, 2.75) is 24.8 Å². The van der Waals surface area contributed by atoms with Gasteiger partial charge >= 0.3 is 5.97 Å². The number of esters is 1. The number of halogens is 1. The van der Waals surface area contributed by atoms with Crippen LogP contribution in [0.25, 0.3) is 0 Å². The average Bonchev–Trinajstić information content (AvgIpc) is 3.20. The molecule has 2 aromatic carbocycles. The van der Waals surface area contributed by atoms with Crippen LogP contribution in [0.3, 0.4) is 0 Å². The third kappa shape index (κ3) is 4.62. The molecule has 3 atom stereocenters. The Bertz CT molecular complexity index is 947. The van der Waals surface area contributed by atoms with E-state index in [0.29, 0.717) is 24.0 Å². The Morgan fingerprint density at radius 3 is 2.67 bits per heavy atom. The van der Waals surface area contributed by atoms with Crippen LogP contribution < -0.4 is 5.32 Å². The van der Waals surface area contributed by atoms with Crippen LogP contribution in [0.4, 0.5) is 5.69 Å². The van der Waals surface area contributed by atoms with Gasteiger partial charge in [0.05, 0.1) is 45.9 Å². The van der Waals surface area contributed by atoms with Crippen molar-refractivity contribution in [1.29, 1.82) is 0 Å². The molecule has 0 aromatic heterocycles. The number of fused-ring (bicyclic) bond motifs is 3. The van der Waals surface area contributed by atoms with Gasteiger partial charge in [0.1, 0.15) is 0 Å². The number of nitrogens with one attached hydrogen (secondary N) is 1. The molecular weight excluding hydrogens is 440 g/mol. The van der Waals surface area contributed by atoms with Gasteiger partial charge in [-0.1, -0.05) is 40.2 Å². The van der Waals surface area contributed by atoms with Crippen LogP contribution in [0.15, 0.2) is 59.1 Å². The van der Waals surface area contributed by atoms with Crippen molar-refractivity contribution in [3.63, 3.8) is 0 Å². The number of nitrogens with zero attached hydrogens (tertiary/aromatic N) is 1. The van der Waals surface area contributed by atoms with E-state index >= 15 is 0 Å². The topological polar surface area (TPSA) is 38.3 Å². The fourth-order valence-electron chi connectivity index (χ4n) is 4.51. The maximum absolute atomic E-state index is 12.6. The minimum atomic E-state index is -0.229. The molecule has 1 N–H and O–H groups in total. The standard InChI is InChI=1S/C25H29BrN2O2/c1-28(2,3)14-5-15-30-25(29)18-10-13-23-22(16-18)20-6-4-7-21(20)24(27-23)17-8-11-19(26)12-9-17/h4,6,8-13,16,20-21,24H,5,7,14-15H2,1-3H3/p+1. The third-order valence-corrected chi connectivity index (χ3v) is 6.56. The van der Waals surface area contributed by atoms with E-state index in [-0.39, 0.29) is 12.0 Å². The summed E-state index contributed by atoms with van der Waals surface area (Å²) in [6.45, 7) is 1.44. The van der Waals surface area contributed by atoms with E-state index in [2.05, 4.69) is 78.8 Å². The number of quaternary nitrogens is 1. The quantitative estimate of drug-likeness (QED) is 0.261. The molecule has 0 bridgehead atoms. The van der Waals surface area contributed by atoms with Gasteiger partial charge in [0.25, 0.3) is 0 Å². The second-order valence-corrected chi connectivity index (χ2v) is 10.2. The summed E-state index contributed by atoms with van der Waals surface area (Å²) >= 11 is 3.53. The van der Waals surface area contributed by atoms with Crippen LogP contribution in [0.1, 0.15) is 46.3 Å². The molecule has 0 amide bonds. The number of carbonyl (C=O) groups excluding carboxylic acids is 1. The molecule has 0 saturated heterocycles. The summed E-state index contributed by atoms with van der Waals surface area (Å²) in [5.74, 6) is 0.545. The van der Waals surface area contributed by atoms with Crippen molar-refractivity contribution >= 4 is 27.6 Å². The lowest BCUT2D eigenvalue weighted by molar-refractivity contribution is -0.870. The van der Waals surface area contributed by atoms with Crippen LogP contribution in [0.5, 0.6) is 0 Å². The first kappa shape index (κ1) is 21.1. The zero-order chi connectivity index (χ0) is 21.3. The zero-order valence-electron chi connectivity index (χ0n) is 17.9. The Labute approximate surface area is 187 Å². The third-order valence-electron chi connectivity index (χ3n) is 6.03. The van der Waals surface area contributed by atoms with E-state index in [0.717, 1.165) is 34.0 Å². The summed E-state index contributed by atoms with van der Waals surface area (Å²) in [5, 5.41) is 3.73. The summed E-state index contributed by atoms with van der Waals surface area (Å²) in [7, 11) is 6.43. The molecule has 1 aliphatic heterocycles. The highest BCUT2D eigenvalue weighted by Gasteiger charge is 2.38. The number of rotatable bonds is 6. The van der Waals surface area contributed by atoms with Crippen LogP contribution in [-0.2, 0) is 4.74 Å². The first-order valence-electron chi connectivity index (χ1n) is 10.6. The monoisotopic (exact) mass is 469 g/mol. The molecule has 4 nitrogen and oxygen atoms in total. The fourth-order valence-corrected chi connectivity index (χ4v) is 4.77. The number of ether oxygens (including phenoxy) is 1. The molecule has 5 heteroatoms. The minimum absolute atomic E-state index is 0.229. The van der Waals surface area contributed by atoms with Gasteiger partial charge in [-0.15, -0.1) is 0 Å². The Morgan fingerprint density at radius 1 is 1.17 bits per heavy atom. The SMILES string of the molecule is C[N+](C)(C)CCCOC(=O)c1ccc2c(c1)C1C=CCC1C(c1ccc(Br)cc1)N2. The number of hydrogen-bond donors (Lipinski definition) is 1. The largest absolute Gasteiger partial charge is 0.462 e. The van der Waals surface area contributed by atoms with Crippen molar-refractivity contribution in [2.75, 3.05) is 39.6 Å². The second-order valence-electron chi connectivity index (χ2n) is 9.33. The van der Waals surface area contributed by atoms with Crippen molar-refractivity contribution in [2.24, 2.45) is 5.92 Å². The predicted octanol–water partition coefficient (Wildman–Crippen LogP) is 5.53. The zero-order valence-corrected chi connectivity index (χ0v) is 19.5. The summed E-state index contributed by atoms with van der Waals surface area (Å²) < 4.78 is 7.50. The van der Waals surface area contributed by atoms with Crippen molar-refractivity contribution in [3.8, 4) is 0 Å². The molecule has 0 fully saturated rings. The van der Waals surface area contributed by atoms with Crippen molar-refractivity contribution in [3.05, 3.63) is 75.8 Å². The van der Waals surface area contributed by atoms with E-state index < -0.39 is 0 Å². The van der Waals surface area contributed by atoms with Gasteiger partial charge in [0, 0.05) is 22.5 Å². The van der Waals surface area contributed by atoms with Gasteiger partial charge in [-0.25, -0.2) is 4.79 Å². The van der Waals surface area contributed by atoms with Crippen LogP contribution in [0.2, 0.25) is 0 Å². The second kappa shape index (κ2) is 8.56. The van der Waals surface area contributed by atoms with E-state index in [1.54, 1.807) is 0 Å². The summed E-state index contributed by atoms with van der Waals surface area (Å²) in [5.41, 5.74) is 4.24. The Kier molecular flexibility index (Phi) is 6.03. The highest BCUT2D eigenvalue weighted by Crippen LogP contribution is 2.50. The predicted molar refractivity (Wildman–Crippen MR) is 125 cm³/mol. The number of carbonyl (C=O) groups is 1. The van der Waals surface area contributed by atoms with Gasteiger partial charge in [0.2, 0.25) is 0 Å². The molecule has 0 spiro atoms. The van der Waals surface area contributed by atoms with Gasteiger partial charge in [-0.05, 0) is 53.8 Å². The molecule has 4 rings (SSSR count). The minimum Gasteiger partial charge on any atom is -0.462 e. The molecule has 3 unspecified atom stereocenters. The van der Waals surface area contributed by atoms with Crippen LogP contribution >= 0.6 is 15.9 Å². The molecule has 2 aliphatic rings. The van der Waals surface area contributed by atoms with Crippen LogP contribution in [0, 0.1) is 5.92 Å². The Hall–Kier alpha value is -2.11. The summed E-state index contributed by atoms with van der Waals surface area (Å²) in [6.07, 6.45) is 6.47. The van der Waals surface area contributed by atoms with Gasteiger partial charge < -0.3 is 14.5 Å². The fraction of sp³-hybridized carbons (Fsp3) is 0.400. The molecule has 0 saturated carbocycles. The van der Waals surface area contributed by atoms with E-state index in [4.69, 9.17) is 4.74 Å². The normalized spacial score (nSPS) is 22.2. The highest BCUT2D eigenvalue weighted by atomic mass is 79.9. The number of hydrogen-bond acceptors (Lipinski definition) is 3. The van der Waals surface area contributed by atoms with Gasteiger partial charge in [-0.3, -0.25) is 0 Å². The van der Waals surface area contributed by atoms with Gasteiger partial charge in [0.15, 0.2) is 0 Å². The maximum Gasteiger partial charge on any atom is 0.338 e. The lowest BCUT2D eigenvalue weighted by atomic mass is 9.76. The summed E-state index contributed by atoms with van der Waals surface area (Å²) in [6, 6.07) is 14.8. The molecular formula is C25H30BrN2O2+. The number of allylic oxidation sites excluding steroid dienone is 2. The number of anilines is 1. The van der Waals surface area contributed by atoms with Crippen molar-refractivity contribution < 1.29 is 14.0 Å². The summed E-state index contributed by atoms with van der Waals surface area (Å²) in [4.78, 5) is 12.6. The molecule has 1 heterocycles. The highest BCUT2D eigenvalue weighted by molar-refractivity contribution is 9.10. The Balaban J connectivity index is 1.50. The lowest BCUT2D eigenvalue weighted by Gasteiger charge is -2.37. The molecule has 2 aromatic rings.